The Morgan fingerprint density at radius 3 is 2.76 bits per heavy atom. The number of piperidine rings is 1. The highest BCUT2D eigenvalue weighted by Crippen LogP contribution is 2.27. The molecule has 146 valence electrons. The molecule has 0 saturated carbocycles. The van der Waals surface area contributed by atoms with Gasteiger partial charge < -0.3 is 0 Å². The minimum atomic E-state index is 0.359. The van der Waals surface area contributed by atoms with Gasteiger partial charge in [-0.1, -0.05) is 6.07 Å². The predicted molar refractivity (Wildman–Crippen MR) is 112 cm³/mol. The summed E-state index contributed by atoms with van der Waals surface area (Å²) in [5.41, 5.74) is 5.36. The molecule has 6 nitrogen and oxygen atoms in total. The van der Waals surface area contributed by atoms with Crippen LogP contribution in [0, 0.1) is 6.92 Å². The maximum atomic E-state index is 4.83. The van der Waals surface area contributed by atoms with Crippen LogP contribution in [0.1, 0.15) is 36.0 Å². The lowest BCUT2D eigenvalue weighted by atomic mass is 9.97. The zero-order chi connectivity index (χ0) is 19.6. The van der Waals surface area contributed by atoms with Gasteiger partial charge in [0.1, 0.15) is 0 Å². The van der Waals surface area contributed by atoms with E-state index >= 15 is 0 Å². The SMILES string of the molecule is Cc1cccc(CN2CCCC(c3nc4ccc(-c5ccncc5)cn4n3)C2)n1. The van der Waals surface area contributed by atoms with Crippen molar-refractivity contribution in [3.8, 4) is 11.1 Å². The molecule has 1 fully saturated rings. The molecule has 0 amide bonds. The van der Waals surface area contributed by atoms with E-state index in [1.807, 2.05) is 48.1 Å². The molecule has 0 N–H and O–H groups in total. The van der Waals surface area contributed by atoms with Gasteiger partial charge in [0, 0.05) is 48.9 Å². The average Bonchev–Trinajstić information content (AvgIpc) is 3.18. The van der Waals surface area contributed by atoms with Crippen molar-refractivity contribution in [1.82, 2.24) is 29.5 Å². The summed E-state index contributed by atoms with van der Waals surface area (Å²) < 4.78 is 1.91. The summed E-state index contributed by atoms with van der Waals surface area (Å²) in [6.07, 6.45) is 7.97. The number of hydrogen-bond acceptors (Lipinski definition) is 5. The van der Waals surface area contributed by atoms with E-state index in [4.69, 9.17) is 10.1 Å². The molecule has 5 heterocycles. The molecule has 0 spiro atoms. The molecule has 5 rings (SSSR count). The highest BCUT2D eigenvalue weighted by Gasteiger charge is 2.25. The van der Waals surface area contributed by atoms with E-state index in [-0.39, 0.29) is 0 Å². The minimum absolute atomic E-state index is 0.359. The summed E-state index contributed by atoms with van der Waals surface area (Å²) in [6, 6.07) is 14.4. The van der Waals surface area contributed by atoms with E-state index in [0.717, 1.165) is 66.5 Å². The van der Waals surface area contributed by atoms with Crippen molar-refractivity contribution in [2.45, 2.75) is 32.2 Å². The molecular formula is C23H24N6. The second-order valence-electron chi connectivity index (χ2n) is 7.77. The molecule has 4 aromatic rings. The number of aryl methyl sites for hydroxylation is 1. The Labute approximate surface area is 170 Å². The lowest BCUT2D eigenvalue weighted by molar-refractivity contribution is 0.194. The first-order chi connectivity index (χ1) is 14.2. The minimum Gasteiger partial charge on any atom is -0.297 e. The topological polar surface area (TPSA) is 59.2 Å². The van der Waals surface area contributed by atoms with Gasteiger partial charge in [-0.15, -0.1) is 0 Å². The summed E-state index contributed by atoms with van der Waals surface area (Å²) in [5.74, 6) is 1.30. The lowest BCUT2D eigenvalue weighted by Crippen LogP contribution is -2.34. The number of nitrogens with zero attached hydrogens (tertiary/aromatic N) is 6. The molecule has 0 aliphatic carbocycles. The van der Waals surface area contributed by atoms with Crippen LogP contribution in [-0.2, 0) is 6.54 Å². The molecule has 1 unspecified atom stereocenters. The predicted octanol–water partition coefficient (Wildman–Crippen LogP) is 3.87. The van der Waals surface area contributed by atoms with Crippen LogP contribution >= 0.6 is 0 Å². The summed E-state index contributed by atoms with van der Waals surface area (Å²) in [7, 11) is 0. The zero-order valence-corrected chi connectivity index (χ0v) is 16.6. The van der Waals surface area contributed by atoms with Crippen molar-refractivity contribution >= 4 is 5.65 Å². The fourth-order valence-corrected chi connectivity index (χ4v) is 4.11. The van der Waals surface area contributed by atoms with Gasteiger partial charge in [-0.3, -0.25) is 14.9 Å². The van der Waals surface area contributed by atoms with E-state index in [1.165, 1.54) is 0 Å². The Hall–Kier alpha value is -3.12. The van der Waals surface area contributed by atoms with Gasteiger partial charge in [-0.25, -0.2) is 9.50 Å². The van der Waals surface area contributed by atoms with Crippen molar-refractivity contribution in [2.75, 3.05) is 13.1 Å². The first-order valence-corrected chi connectivity index (χ1v) is 10.2. The molecule has 1 saturated heterocycles. The summed E-state index contributed by atoms with van der Waals surface area (Å²) >= 11 is 0. The number of pyridine rings is 3. The molecule has 4 aromatic heterocycles. The van der Waals surface area contributed by atoms with Crippen molar-refractivity contribution in [3.63, 3.8) is 0 Å². The maximum absolute atomic E-state index is 4.83. The van der Waals surface area contributed by atoms with Crippen molar-refractivity contribution in [3.05, 3.63) is 78.3 Å². The van der Waals surface area contributed by atoms with Crippen LogP contribution in [0.3, 0.4) is 0 Å². The molecule has 1 aliphatic rings. The third kappa shape index (κ3) is 3.89. The van der Waals surface area contributed by atoms with E-state index in [2.05, 4.69) is 39.3 Å². The Morgan fingerprint density at radius 2 is 1.90 bits per heavy atom. The van der Waals surface area contributed by atoms with Crippen LogP contribution < -0.4 is 0 Å². The quantitative estimate of drug-likeness (QED) is 0.534. The van der Waals surface area contributed by atoms with E-state index in [1.54, 1.807) is 0 Å². The lowest BCUT2D eigenvalue weighted by Gasteiger charge is -2.31. The molecule has 0 bridgehead atoms. The second kappa shape index (κ2) is 7.72. The number of fused-ring (bicyclic) bond motifs is 1. The van der Waals surface area contributed by atoms with Crippen molar-refractivity contribution < 1.29 is 0 Å². The third-order valence-corrected chi connectivity index (χ3v) is 5.56. The van der Waals surface area contributed by atoms with Gasteiger partial charge in [0.05, 0.1) is 5.69 Å². The average molecular weight is 384 g/mol. The highest BCUT2D eigenvalue weighted by atomic mass is 15.3. The standard InChI is InChI=1S/C23H24N6/c1-17-4-2-6-21(25-17)16-28-13-3-5-20(14-28)23-26-22-8-7-19(15-29(22)27-23)18-9-11-24-12-10-18/h2,4,6-12,15,20H,3,5,13-14,16H2,1H3. The molecule has 29 heavy (non-hydrogen) atoms. The van der Waals surface area contributed by atoms with Crippen molar-refractivity contribution in [2.24, 2.45) is 0 Å². The Balaban J connectivity index is 1.35. The molecular weight excluding hydrogens is 360 g/mol. The number of hydrogen-bond donors (Lipinski definition) is 0. The monoisotopic (exact) mass is 384 g/mol. The fraction of sp³-hybridized carbons (Fsp3) is 0.304. The summed E-state index contributed by atoms with van der Waals surface area (Å²) in [4.78, 5) is 16.1. The third-order valence-electron chi connectivity index (χ3n) is 5.56. The summed E-state index contributed by atoms with van der Waals surface area (Å²) in [6.45, 7) is 5.01. The fourth-order valence-electron chi connectivity index (χ4n) is 4.11. The second-order valence-corrected chi connectivity index (χ2v) is 7.77. The zero-order valence-electron chi connectivity index (χ0n) is 16.6. The highest BCUT2D eigenvalue weighted by molar-refractivity contribution is 5.63. The van der Waals surface area contributed by atoms with E-state index in [9.17, 15) is 0 Å². The summed E-state index contributed by atoms with van der Waals surface area (Å²) in [5, 5.41) is 4.83. The Kier molecular flexibility index (Phi) is 4.77. The van der Waals surface area contributed by atoms with Gasteiger partial charge in [-0.05, 0) is 68.3 Å². The molecule has 0 aromatic carbocycles. The molecule has 1 aliphatic heterocycles. The molecule has 0 radical (unpaired) electrons. The van der Waals surface area contributed by atoms with Gasteiger partial charge >= 0.3 is 0 Å². The number of rotatable bonds is 4. The van der Waals surface area contributed by atoms with Crippen LogP contribution in [0.2, 0.25) is 0 Å². The van der Waals surface area contributed by atoms with Crippen LogP contribution in [0.15, 0.2) is 61.1 Å². The van der Waals surface area contributed by atoms with Gasteiger partial charge in [0.15, 0.2) is 11.5 Å². The molecule has 1 atom stereocenters. The van der Waals surface area contributed by atoms with Crippen LogP contribution in [0.5, 0.6) is 0 Å². The van der Waals surface area contributed by atoms with E-state index < -0.39 is 0 Å². The maximum Gasteiger partial charge on any atom is 0.156 e. The smallest absolute Gasteiger partial charge is 0.156 e. The van der Waals surface area contributed by atoms with Crippen molar-refractivity contribution in [1.29, 1.82) is 0 Å². The normalized spacial score (nSPS) is 17.6. The Bertz CT molecular complexity index is 1120. The number of aromatic nitrogens is 5. The first-order valence-electron chi connectivity index (χ1n) is 10.2. The first kappa shape index (κ1) is 17.9. The van der Waals surface area contributed by atoms with Crippen LogP contribution in [0.4, 0.5) is 0 Å². The Morgan fingerprint density at radius 1 is 1.00 bits per heavy atom. The van der Waals surface area contributed by atoms with E-state index in [0.29, 0.717) is 5.92 Å². The van der Waals surface area contributed by atoms with Crippen LogP contribution in [0.25, 0.3) is 16.8 Å². The van der Waals surface area contributed by atoms with Crippen LogP contribution in [-0.4, -0.2) is 42.6 Å². The molecule has 6 heteroatoms. The largest absolute Gasteiger partial charge is 0.297 e. The van der Waals surface area contributed by atoms with Gasteiger partial charge in [0.2, 0.25) is 0 Å². The van der Waals surface area contributed by atoms with Gasteiger partial charge in [-0.2, -0.15) is 5.10 Å². The van der Waals surface area contributed by atoms with Gasteiger partial charge in [0.25, 0.3) is 0 Å². The number of likely N-dealkylation sites (tertiary alicyclic amines) is 1.